The summed E-state index contributed by atoms with van der Waals surface area (Å²) in [5.74, 6) is 3.35. The molecule has 0 N–H and O–H groups in total. The maximum Gasteiger partial charge on any atom is 0.0442 e. The molecule has 0 radical (unpaired) electrons. The van der Waals surface area contributed by atoms with Crippen molar-refractivity contribution < 1.29 is 0 Å². The summed E-state index contributed by atoms with van der Waals surface area (Å²) in [6, 6.07) is 0. The van der Waals surface area contributed by atoms with E-state index in [9.17, 15) is 0 Å². The normalized spacial score (nSPS) is 30.9. The molecule has 1 saturated heterocycles. The summed E-state index contributed by atoms with van der Waals surface area (Å²) < 4.78 is 0.563. The summed E-state index contributed by atoms with van der Waals surface area (Å²) in [4.78, 5) is 0.637. The Bertz CT molecular complexity index is 967. The van der Waals surface area contributed by atoms with Gasteiger partial charge in [-0.2, -0.15) is 0 Å². The van der Waals surface area contributed by atoms with Crippen molar-refractivity contribution >= 4 is 43.4 Å². The largest absolute Gasteiger partial charge is 0.145 e. The lowest BCUT2D eigenvalue weighted by molar-refractivity contribution is 0.467. The predicted molar refractivity (Wildman–Crippen MR) is 255 cm³/mol. The van der Waals surface area contributed by atoms with Gasteiger partial charge in [0.15, 0.2) is 0 Å². The molecule has 1 heterocycles. The Labute approximate surface area is 343 Å². The van der Waals surface area contributed by atoms with Gasteiger partial charge in [-0.15, -0.1) is 11.8 Å². The van der Waals surface area contributed by atoms with E-state index < -0.39 is 0 Å². The molecule has 0 aromatic heterocycles. The Hall–Kier alpha value is 2.07. The van der Waals surface area contributed by atoms with E-state index in [0.29, 0.717) is 9.39 Å². The first-order valence-electron chi connectivity index (χ1n) is 24.2. The van der Waals surface area contributed by atoms with Crippen LogP contribution in [-0.4, -0.2) is 67.6 Å². The van der Waals surface area contributed by atoms with E-state index in [1.54, 1.807) is 127 Å². The fourth-order valence-corrected chi connectivity index (χ4v) is 40.8. The minimum absolute atomic E-state index is 0.0202. The smallest absolute Gasteiger partial charge is 0.0442 e. The molecule has 0 bridgehead atoms. The van der Waals surface area contributed by atoms with E-state index in [1.165, 1.54) is 38.5 Å². The Balaban J connectivity index is 1.89. The van der Waals surface area contributed by atoms with Gasteiger partial charge < -0.3 is 0 Å². The highest BCUT2D eigenvalue weighted by molar-refractivity contribution is 8.09. The lowest BCUT2D eigenvalue weighted by atomic mass is 9.99. The number of hydrogen-bond donors (Lipinski definition) is 0. The molecule has 5 heteroatoms. The lowest BCUT2D eigenvalue weighted by Crippen LogP contribution is -2.53. The zero-order valence-corrected chi connectivity index (χ0v) is 41.7. The third kappa shape index (κ3) is 10.9. The predicted octanol–water partition coefficient (Wildman–Crippen LogP) is 17.6. The number of rotatable bonds is 18. The first kappa shape index (κ1) is 46.1. The van der Waals surface area contributed by atoms with Gasteiger partial charge in [-0.3, -0.25) is 0 Å². The van der Waals surface area contributed by atoms with Crippen LogP contribution in [-0.2, 0) is 0 Å². The number of thioether (sulfide) groups is 1. The summed E-state index contributed by atoms with van der Waals surface area (Å²) in [6.07, 6.45) is 40.6. The van der Waals surface area contributed by atoms with Gasteiger partial charge in [0.05, 0.1) is 0 Å². The van der Waals surface area contributed by atoms with Crippen molar-refractivity contribution in [3.63, 3.8) is 0 Å². The highest BCUT2D eigenvalue weighted by atomic mass is 32.2. The van der Waals surface area contributed by atoms with Crippen LogP contribution in [0.4, 0.5) is 0 Å². The van der Waals surface area contributed by atoms with Crippen LogP contribution < -0.4 is 0 Å². The van der Waals surface area contributed by atoms with Gasteiger partial charge in [-0.05, 0) is 135 Å². The molecule has 0 spiro atoms. The van der Waals surface area contributed by atoms with Crippen molar-refractivity contribution in [3.8, 4) is 0 Å². The van der Waals surface area contributed by atoms with Crippen molar-refractivity contribution in [2.24, 2.45) is 23.7 Å². The molecule has 0 aromatic rings. The molecule has 1 aliphatic heterocycles. The first-order chi connectivity index (χ1) is 25.5. The molecule has 4 aliphatic carbocycles. The lowest BCUT2D eigenvalue weighted by Gasteiger charge is -2.62. The van der Waals surface area contributed by atoms with E-state index in [0.717, 1.165) is 57.2 Å². The molecular formula is C48H92P4S. The molecule has 0 amide bonds. The van der Waals surface area contributed by atoms with Crippen molar-refractivity contribution in [1.29, 1.82) is 0 Å². The average Bonchev–Trinajstić information content (AvgIpc) is 3.43. The number of hydrogen-bond acceptors (Lipinski definition) is 1. The van der Waals surface area contributed by atoms with Crippen LogP contribution in [0.3, 0.4) is 0 Å². The fourth-order valence-electron chi connectivity index (χ4n) is 13.1. The first-order valence-corrected chi connectivity index (χ1v) is 31.6. The summed E-state index contributed by atoms with van der Waals surface area (Å²) in [6.45, 7) is 26.9. The van der Waals surface area contributed by atoms with Crippen LogP contribution in [0.15, 0.2) is 0 Å². The highest BCUT2D eigenvalue weighted by Crippen LogP contribution is 2.91. The quantitative estimate of drug-likeness (QED) is 0.124. The minimum atomic E-state index is -0.0701. The van der Waals surface area contributed by atoms with Crippen molar-refractivity contribution in [2.45, 2.75) is 253 Å². The summed E-state index contributed by atoms with van der Waals surface area (Å²) >= 11 is 2.87. The van der Waals surface area contributed by atoms with Gasteiger partial charge in [0.2, 0.25) is 0 Å². The molecule has 5 aliphatic rings. The molecule has 0 nitrogen and oxygen atoms in total. The molecule has 5 fully saturated rings. The maximum atomic E-state index is 2.87. The summed E-state index contributed by atoms with van der Waals surface area (Å²) in [5.41, 5.74) is 5.31. The van der Waals surface area contributed by atoms with Gasteiger partial charge in [0, 0.05) is 20.3 Å². The molecule has 4 saturated carbocycles. The van der Waals surface area contributed by atoms with Gasteiger partial charge in [-0.1, -0.05) is 178 Å². The van der Waals surface area contributed by atoms with Gasteiger partial charge >= 0.3 is 0 Å². The van der Waals surface area contributed by atoms with Crippen LogP contribution >= 0.6 is 43.4 Å². The fraction of sp³-hybridized carbons (Fsp3) is 1.00. The standard InChI is InChI=1S/C48H92P4S/c1-11-45-48(50(35-39(7)8)36-40(9)10,52(43-29-21-15-22-30-43)44-31-23-16-24-32-44)46(49(33-37(3)4)34-38(5)6)47(12-2,53-45)51(41-25-17-13-18-26-41)42-27-19-14-20-28-42/h37-46H,11-36H2,1-10H3. The third-order valence-corrected chi connectivity index (χ3v) is 36.0. The average molecular weight is 825 g/mol. The minimum Gasteiger partial charge on any atom is -0.145 e. The van der Waals surface area contributed by atoms with Crippen molar-refractivity contribution in [2.75, 3.05) is 24.6 Å². The molecule has 0 aromatic carbocycles. The monoisotopic (exact) mass is 825 g/mol. The van der Waals surface area contributed by atoms with Gasteiger partial charge in [0.25, 0.3) is 0 Å². The summed E-state index contributed by atoms with van der Waals surface area (Å²) in [5, 5.41) is 0.924. The van der Waals surface area contributed by atoms with E-state index in [4.69, 9.17) is 0 Å². The zero-order valence-electron chi connectivity index (χ0n) is 37.4. The van der Waals surface area contributed by atoms with E-state index in [-0.39, 0.29) is 31.7 Å². The second kappa shape index (κ2) is 22.1. The topological polar surface area (TPSA) is 0 Å². The van der Waals surface area contributed by atoms with Crippen LogP contribution in [0.2, 0.25) is 0 Å². The van der Waals surface area contributed by atoms with Crippen LogP contribution in [0, 0.1) is 23.7 Å². The van der Waals surface area contributed by atoms with Gasteiger partial charge in [-0.25, -0.2) is 0 Å². The zero-order chi connectivity index (χ0) is 38.2. The Morgan fingerprint density at radius 3 is 1.11 bits per heavy atom. The molecule has 53 heavy (non-hydrogen) atoms. The molecule has 4 unspecified atom stereocenters. The van der Waals surface area contributed by atoms with Crippen LogP contribution in [0.25, 0.3) is 0 Å². The Morgan fingerprint density at radius 1 is 0.472 bits per heavy atom. The Kier molecular flexibility index (Phi) is 19.2. The van der Waals surface area contributed by atoms with Crippen LogP contribution in [0.5, 0.6) is 0 Å². The highest BCUT2D eigenvalue weighted by Gasteiger charge is 2.72. The third-order valence-electron chi connectivity index (χ3n) is 14.5. The second-order valence-corrected chi connectivity index (χ2v) is 34.1. The molecule has 310 valence electrons. The van der Waals surface area contributed by atoms with E-state index in [1.807, 2.05) is 0 Å². The van der Waals surface area contributed by atoms with Crippen molar-refractivity contribution in [1.82, 2.24) is 0 Å². The van der Waals surface area contributed by atoms with E-state index >= 15 is 0 Å². The maximum absolute atomic E-state index is 2.87. The van der Waals surface area contributed by atoms with Gasteiger partial charge in [0.1, 0.15) is 0 Å². The molecule has 5 rings (SSSR count). The van der Waals surface area contributed by atoms with Crippen molar-refractivity contribution in [3.05, 3.63) is 0 Å². The second-order valence-electron chi connectivity index (χ2n) is 20.8. The van der Waals surface area contributed by atoms with Crippen LogP contribution in [0.1, 0.15) is 210 Å². The molecular weight excluding hydrogens is 732 g/mol. The Morgan fingerprint density at radius 2 is 0.811 bits per heavy atom. The van der Waals surface area contributed by atoms with E-state index in [2.05, 4.69) is 81.0 Å². The molecule has 4 atom stereocenters. The summed E-state index contributed by atoms with van der Waals surface area (Å²) in [7, 11) is -0.188. The SMILES string of the molecule is CCC1SC(CC)(P(C2CCCCC2)C2CCCCC2)C(P(CC(C)C)CC(C)C)C1(P(CC(C)C)CC(C)C)P(C1CCCCC1)C1CCCCC1.